The molecule has 0 aliphatic carbocycles. The first-order valence-corrected chi connectivity index (χ1v) is 6.32. The summed E-state index contributed by atoms with van der Waals surface area (Å²) < 4.78 is 0. The lowest BCUT2D eigenvalue weighted by atomic mass is 10.2. The van der Waals surface area contributed by atoms with E-state index in [2.05, 4.69) is 10.2 Å². The maximum Gasteiger partial charge on any atom is 0.147 e. The van der Waals surface area contributed by atoms with Crippen molar-refractivity contribution in [2.75, 3.05) is 5.88 Å². The molecule has 0 fully saturated rings. The van der Waals surface area contributed by atoms with Crippen molar-refractivity contribution in [3.8, 4) is 16.3 Å². The van der Waals surface area contributed by atoms with Gasteiger partial charge >= 0.3 is 0 Å². The molecule has 16 heavy (non-hydrogen) atoms. The van der Waals surface area contributed by atoms with Crippen LogP contribution in [-0.4, -0.2) is 21.2 Å². The van der Waals surface area contributed by atoms with Crippen LogP contribution in [0.25, 0.3) is 10.6 Å². The van der Waals surface area contributed by atoms with E-state index in [0.29, 0.717) is 5.88 Å². The van der Waals surface area contributed by atoms with Crippen molar-refractivity contribution in [2.24, 2.45) is 0 Å². The number of benzene rings is 1. The number of phenolic OH excluding ortho intramolecular Hbond substituents is 1. The number of hydrogen-bond acceptors (Lipinski definition) is 4. The number of nitrogens with zero attached hydrogens (tertiary/aromatic N) is 2. The highest BCUT2D eigenvalue weighted by Crippen LogP contribution is 2.26. The molecule has 0 amide bonds. The zero-order chi connectivity index (χ0) is 11.4. The van der Waals surface area contributed by atoms with E-state index in [-0.39, 0.29) is 5.75 Å². The van der Waals surface area contributed by atoms with Gasteiger partial charge in [-0.05, 0) is 18.6 Å². The normalized spacial score (nSPS) is 10.6. The van der Waals surface area contributed by atoms with E-state index in [0.717, 1.165) is 28.4 Å². The van der Waals surface area contributed by atoms with Crippen molar-refractivity contribution < 1.29 is 5.11 Å². The lowest BCUT2D eigenvalue weighted by Gasteiger charge is -1.95. The predicted octanol–water partition coefficient (Wildman–Crippen LogP) is 3.08. The first-order valence-electron chi connectivity index (χ1n) is 4.97. The van der Waals surface area contributed by atoms with Gasteiger partial charge in [-0.3, -0.25) is 0 Å². The first kappa shape index (κ1) is 11.4. The van der Waals surface area contributed by atoms with Crippen LogP contribution in [0.15, 0.2) is 24.3 Å². The van der Waals surface area contributed by atoms with Gasteiger partial charge in [-0.1, -0.05) is 23.5 Å². The van der Waals surface area contributed by atoms with Crippen LogP contribution < -0.4 is 0 Å². The molecule has 0 bridgehead atoms. The highest BCUT2D eigenvalue weighted by atomic mass is 35.5. The van der Waals surface area contributed by atoms with Gasteiger partial charge in [0.05, 0.1) is 0 Å². The molecular formula is C11H11ClN2OS. The number of alkyl halides is 1. The highest BCUT2D eigenvalue weighted by molar-refractivity contribution is 7.14. The second kappa shape index (κ2) is 5.27. The average molecular weight is 255 g/mol. The molecular weight excluding hydrogens is 244 g/mol. The Balaban J connectivity index is 2.18. The average Bonchev–Trinajstić information content (AvgIpc) is 2.75. The number of halogens is 1. The summed E-state index contributed by atoms with van der Waals surface area (Å²) in [7, 11) is 0. The molecule has 0 radical (unpaired) electrons. The summed E-state index contributed by atoms with van der Waals surface area (Å²) in [4.78, 5) is 0. The Bertz CT molecular complexity index is 473. The molecule has 1 aromatic heterocycles. The van der Waals surface area contributed by atoms with Crippen LogP contribution in [-0.2, 0) is 6.42 Å². The van der Waals surface area contributed by atoms with E-state index in [4.69, 9.17) is 11.6 Å². The second-order valence-electron chi connectivity index (χ2n) is 3.34. The van der Waals surface area contributed by atoms with E-state index in [9.17, 15) is 5.11 Å². The minimum Gasteiger partial charge on any atom is -0.508 e. The number of phenols is 1. The molecule has 0 unspecified atom stereocenters. The fraction of sp³-hybridized carbons (Fsp3) is 0.273. The predicted molar refractivity (Wildman–Crippen MR) is 66.1 cm³/mol. The highest BCUT2D eigenvalue weighted by Gasteiger charge is 2.06. The zero-order valence-electron chi connectivity index (χ0n) is 8.56. The third kappa shape index (κ3) is 2.71. The Morgan fingerprint density at radius 3 is 2.94 bits per heavy atom. The molecule has 0 saturated heterocycles. The maximum atomic E-state index is 9.36. The molecule has 1 aromatic carbocycles. The third-order valence-electron chi connectivity index (χ3n) is 2.08. The second-order valence-corrected chi connectivity index (χ2v) is 4.78. The summed E-state index contributed by atoms with van der Waals surface area (Å²) in [6, 6.07) is 7.03. The molecule has 5 heteroatoms. The molecule has 1 heterocycles. The van der Waals surface area contributed by atoms with Crippen molar-refractivity contribution in [3.63, 3.8) is 0 Å². The minimum absolute atomic E-state index is 0.245. The molecule has 84 valence electrons. The van der Waals surface area contributed by atoms with Gasteiger partial charge in [0.1, 0.15) is 15.8 Å². The molecule has 0 atom stereocenters. The molecule has 3 nitrogen and oxygen atoms in total. The number of aryl methyl sites for hydroxylation is 1. The number of rotatable bonds is 4. The van der Waals surface area contributed by atoms with Crippen LogP contribution in [0.1, 0.15) is 11.4 Å². The topological polar surface area (TPSA) is 46.0 Å². The first-order chi connectivity index (χ1) is 7.79. The van der Waals surface area contributed by atoms with E-state index < -0.39 is 0 Å². The van der Waals surface area contributed by atoms with Crippen LogP contribution >= 0.6 is 22.9 Å². The zero-order valence-corrected chi connectivity index (χ0v) is 10.1. The summed E-state index contributed by atoms with van der Waals surface area (Å²) in [5.74, 6) is 0.885. The maximum absolute atomic E-state index is 9.36. The summed E-state index contributed by atoms with van der Waals surface area (Å²) in [5, 5.41) is 19.4. The largest absolute Gasteiger partial charge is 0.508 e. The van der Waals surface area contributed by atoms with Gasteiger partial charge in [-0.2, -0.15) is 0 Å². The number of hydrogen-bond donors (Lipinski definition) is 1. The fourth-order valence-corrected chi connectivity index (χ4v) is 2.34. The molecule has 2 rings (SSSR count). The van der Waals surface area contributed by atoms with Crippen molar-refractivity contribution in [2.45, 2.75) is 12.8 Å². The van der Waals surface area contributed by atoms with Gasteiger partial charge in [-0.25, -0.2) is 0 Å². The summed E-state index contributed by atoms with van der Waals surface area (Å²) >= 11 is 7.16. The van der Waals surface area contributed by atoms with E-state index in [1.165, 1.54) is 0 Å². The van der Waals surface area contributed by atoms with Gasteiger partial charge in [0.15, 0.2) is 0 Å². The third-order valence-corrected chi connectivity index (χ3v) is 3.38. The van der Waals surface area contributed by atoms with Crippen molar-refractivity contribution >= 4 is 22.9 Å². The molecule has 0 aliphatic rings. The smallest absolute Gasteiger partial charge is 0.147 e. The van der Waals surface area contributed by atoms with E-state index in [1.807, 2.05) is 6.07 Å². The number of aromatic nitrogens is 2. The van der Waals surface area contributed by atoms with Crippen LogP contribution in [0.4, 0.5) is 0 Å². The van der Waals surface area contributed by atoms with Crippen LogP contribution in [0.2, 0.25) is 0 Å². The Labute approximate surface area is 103 Å². The Morgan fingerprint density at radius 2 is 2.19 bits per heavy atom. The fourth-order valence-electron chi connectivity index (χ4n) is 1.33. The van der Waals surface area contributed by atoms with Gasteiger partial charge in [0, 0.05) is 17.9 Å². The molecule has 1 N–H and O–H groups in total. The Morgan fingerprint density at radius 1 is 1.31 bits per heavy atom. The summed E-state index contributed by atoms with van der Waals surface area (Å²) in [6.07, 6.45) is 1.77. The van der Waals surface area contributed by atoms with Crippen LogP contribution in [0, 0.1) is 0 Å². The van der Waals surface area contributed by atoms with Gasteiger partial charge in [-0.15, -0.1) is 21.8 Å². The molecule has 2 aromatic rings. The van der Waals surface area contributed by atoms with Gasteiger partial charge < -0.3 is 5.11 Å². The summed E-state index contributed by atoms with van der Waals surface area (Å²) in [6.45, 7) is 0. The van der Waals surface area contributed by atoms with Gasteiger partial charge in [0.25, 0.3) is 0 Å². The van der Waals surface area contributed by atoms with Crippen molar-refractivity contribution in [1.82, 2.24) is 10.2 Å². The van der Waals surface area contributed by atoms with E-state index in [1.54, 1.807) is 29.5 Å². The lowest BCUT2D eigenvalue weighted by Crippen LogP contribution is -1.84. The van der Waals surface area contributed by atoms with Gasteiger partial charge in [0.2, 0.25) is 0 Å². The van der Waals surface area contributed by atoms with Crippen LogP contribution in [0.5, 0.6) is 5.75 Å². The summed E-state index contributed by atoms with van der Waals surface area (Å²) in [5.41, 5.74) is 0.898. The Hall–Kier alpha value is -1.13. The Kier molecular flexibility index (Phi) is 3.74. The van der Waals surface area contributed by atoms with Crippen molar-refractivity contribution in [3.05, 3.63) is 29.3 Å². The lowest BCUT2D eigenvalue weighted by molar-refractivity contribution is 0.475. The molecule has 0 saturated carbocycles. The van der Waals surface area contributed by atoms with E-state index >= 15 is 0 Å². The number of aromatic hydroxyl groups is 1. The standard InChI is InChI=1S/C11H11ClN2OS/c12-6-2-5-10-13-14-11(16-10)8-3-1-4-9(15)7-8/h1,3-4,7,15H,2,5-6H2. The molecule has 0 aliphatic heterocycles. The quantitative estimate of drug-likeness (QED) is 0.853. The van der Waals surface area contributed by atoms with Crippen molar-refractivity contribution in [1.29, 1.82) is 0 Å². The monoisotopic (exact) mass is 254 g/mol. The van der Waals surface area contributed by atoms with Crippen LogP contribution in [0.3, 0.4) is 0 Å². The SMILES string of the molecule is Oc1cccc(-c2nnc(CCCCl)s2)c1. The molecule has 0 spiro atoms. The minimum atomic E-state index is 0.245.